The highest BCUT2D eigenvalue weighted by molar-refractivity contribution is 6.05. The molecule has 0 bridgehead atoms. The van der Waals surface area contributed by atoms with Gasteiger partial charge in [-0.1, -0.05) is 20.8 Å². The number of amides is 3. The third kappa shape index (κ3) is 7.01. The third-order valence-corrected chi connectivity index (χ3v) is 7.78. The number of fused-ring (bicyclic) bond motifs is 1. The molecular formula is C30H42F3N3O7. The van der Waals surface area contributed by atoms with E-state index in [-0.39, 0.29) is 37.6 Å². The average molecular weight is 614 g/mol. The van der Waals surface area contributed by atoms with Crippen molar-refractivity contribution in [2.45, 2.75) is 105 Å². The normalized spacial score (nSPS) is 20.4. The number of esters is 1. The van der Waals surface area contributed by atoms with Crippen molar-refractivity contribution in [2.75, 3.05) is 24.6 Å². The third-order valence-electron chi connectivity index (χ3n) is 7.78. The van der Waals surface area contributed by atoms with Gasteiger partial charge >= 0.3 is 18.2 Å². The Balaban J connectivity index is 2.21. The Morgan fingerprint density at radius 3 is 2.33 bits per heavy atom. The van der Waals surface area contributed by atoms with E-state index in [1.54, 1.807) is 20.8 Å². The standard InChI is InChI=1S/C30H42F3N3O7/c1-9-42-23(37)12-14-34-21-15-18(19(30(31,32)33)16-22(21)43-29(7,8)26(34)39)25(38)36(17(2)3)20-11-10-13-35(27(40)41)24(20)28(4,5)6/h15-17,20,24H,9-14H2,1-8H3,(H,40,41)/t20-,24?/m1/s1. The molecular weight excluding hydrogens is 571 g/mol. The van der Waals surface area contributed by atoms with Gasteiger partial charge in [-0.05, 0) is 65.0 Å². The summed E-state index contributed by atoms with van der Waals surface area (Å²) in [6, 6.07) is -0.281. The van der Waals surface area contributed by atoms with Crippen LogP contribution in [0.15, 0.2) is 12.1 Å². The van der Waals surface area contributed by atoms with E-state index in [0.717, 1.165) is 17.0 Å². The van der Waals surface area contributed by atoms with Gasteiger partial charge in [0, 0.05) is 19.1 Å². The van der Waals surface area contributed by atoms with Crippen molar-refractivity contribution in [1.29, 1.82) is 0 Å². The van der Waals surface area contributed by atoms with E-state index in [0.29, 0.717) is 12.8 Å². The molecule has 0 saturated carbocycles. The number of carbonyl (C=O) groups excluding carboxylic acids is 3. The molecule has 1 fully saturated rings. The van der Waals surface area contributed by atoms with Crippen LogP contribution in [0.4, 0.5) is 23.7 Å². The number of rotatable bonds is 7. The number of nitrogens with zero attached hydrogens (tertiary/aromatic N) is 3. The number of likely N-dealkylation sites (tertiary alicyclic amines) is 1. The lowest BCUT2D eigenvalue weighted by Crippen LogP contribution is -2.63. The second kappa shape index (κ2) is 12.2. The topological polar surface area (TPSA) is 117 Å². The van der Waals surface area contributed by atoms with Gasteiger partial charge in [0.1, 0.15) is 5.75 Å². The maximum Gasteiger partial charge on any atom is 0.417 e. The Kier molecular flexibility index (Phi) is 9.67. The maximum atomic E-state index is 14.6. The Hall–Kier alpha value is -3.51. The van der Waals surface area contributed by atoms with Crippen LogP contribution in [-0.4, -0.2) is 82.2 Å². The minimum atomic E-state index is -4.96. The molecule has 0 aliphatic carbocycles. The van der Waals surface area contributed by atoms with Crippen LogP contribution < -0.4 is 9.64 Å². The zero-order chi connectivity index (χ0) is 32.7. The van der Waals surface area contributed by atoms with Gasteiger partial charge in [-0.25, -0.2) is 4.79 Å². The molecule has 3 rings (SSSR count). The fourth-order valence-corrected chi connectivity index (χ4v) is 6.12. The second-order valence-electron chi connectivity index (χ2n) is 12.8. The molecule has 10 nitrogen and oxygen atoms in total. The number of alkyl halides is 3. The van der Waals surface area contributed by atoms with E-state index >= 15 is 0 Å². The van der Waals surface area contributed by atoms with Crippen LogP contribution in [0.1, 0.15) is 90.6 Å². The monoisotopic (exact) mass is 613 g/mol. The number of carbonyl (C=O) groups is 4. The molecule has 0 spiro atoms. The van der Waals surface area contributed by atoms with Crippen LogP contribution in [0.2, 0.25) is 0 Å². The predicted octanol–water partition coefficient (Wildman–Crippen LogP) is 5.57. The maximum absolute atomic E-state index is 14.6. The summed E-state index contributed by atoms with van der Waals surface area (Å²) < 4.78 is 54.4. The number of hydrogen-bond donors (Lipinski definition) is 1. The Labute approximate surface area is 250 Å². The van der Waals surface area contributed by atoms with E-state index in [9.17, 15) is 37.5 Å². The summed E-state index contributed by atoms with van der Waals surface area (Å²) >= 11 is 0. The van der Waals surface area contributed by atoms with E-state index in [1.807, 2.05) is 20.8 Å². The first-order valence-electron chi connectivity index (χ1n) is 14.5. The summed E-state index contributed by atoms with van der Waals surface area (Å²) in [6.07, 6.45) is -5.53. The zero-order valence-electron chi connectivity index (χ0n) is 26.0. The van der Waals surface area contributed by atoms with Crippen molar-refractivity contribution in [1.82, 2.24) is 9.80 Å². The highest BCUT2D eigenvalue weighted by atomic mass is 19.4. The van der Waals surface area contributed by atoms with Crippen molar-refractivity contribution in [3.8, 4) is 5.75 Å². The van der Waals surface area contributed by atoms with Crippen LogP contribution in [-0.2, 0) is 20.5 Å². The molecule has 1 unspecified atom stereocenters. The lowest BCUT2D eigenvalue weighted by Gasteiger charge is -2.51. The lowest BCUT2D eigenvalue weighted by atomic mass is 9.76. The summed E-state index contributed by atoms with van der Waals surface area (Å²) in [7, 11) is 0. The molecule has 0 aromatic heterocycles. The van der Waals surface area contributed by atoms with Crippen LogP contribution >= 0.6 is 0 Å². The molecule has 1 saturated heterocycles. The first-order chi connectivity index (χ1) is 19.7. The van der Waals surface area contributed by atoms with E-state index in [1.165, 1.54) is 23.6 Å². The minimum Gasteiger partial charge on any atom is -0.476 e. The Morgan fingerprint density at radius 2 is 1.81 bits per heavy atom. The molecule has 43 heavy (non-hydrogen) atoms. The summed E-state index contributed by atoms with van der Waals surface area (Å²) in [5.74, 6) is -2.39. The highest BCUT2D eigenvalue weighted by Crippen LogP contribution is 2.45. The second-order valence-corrected chi connectivity index (χ2v) is 12.8. The van der Waals surface area contributed by atoms with Crippen LogP contribution in [0.25, 0.3) is 0 Å². The quantitative estimate of drug-likeness (QED) is 0.400. The number of benzene rings is 1. The molecule has 3 amide bonds. The van der Waals surface area contributed by atoms with Gasteiger partial charge in [-0.15, -0.1) is 0 Å². The van der Waals surface area contributed by atoms with Crippen molar-refractivity contribution in [3.63, 3.8) is 0 Å². The molecule has 0 radical (unpaired) electrons. The zero-order valence-corrected chi connectivity index (χ0v) is 26.0. The first-order valence-corrected chi connectivity index (χ1v) is 14.5. The van der Waals surface area contributed by atoms with Crippen molar-refractivity contribution in [2.24, 2.45) is 5.41 Å². The molecule has 13 heteroatoms. The Bertz CT molecular complexity index is 1260. The van der Waals surface area contributed by atoms with Crippen LogP contribution in [0, 0.1) is 5.41 Å². The van der Waals surface area contributed by atoms with Crippen LogP contribution in [0.5, 0.6) is 5.75 Å². The van der Waals surface area contributed by atoms with Gasteiger partial charge in [-0.3, -0.25) is 14.4 Å². The minimum absolute atomic E-state index is 0.0724. The lowest BCUT2D eigenvalue weighted by molar-refractivity contribution is -0.143. The average Bonchev–Trinajstić information content (AvgIpc) is 2.86. The van der Waals surface area contributed by atoms with Gasteiger partial charge in [-0.2, -0.15) is 13.2 Å². The number of carboxylic acid groups (broad SMARTS) is 1. The number of halogens is 3. The number of piperidine rings is 1. The van der Waals surface area contributed by atoms with Crippen molar-refractivity contribution >= 4 is 29.6 Å². The molecule has 2 atom stereocenters. The molecule has 2 aliphatic heterocycles. The van der Waals surface area contributed by atoms with Crippen LogP contribution in [0.3, 0.4) is 0 Å². The number of ether oxygens (including phenoxy) is 2. The van der Waals surface area contributed by atoms with E-state index < -0.39 is 70.3 Å². The molecule has 1 aromatic carbocycles. The van der Waals surface area contributed by atoms with Crippen molar-refractivity contribution < 1.29 is 46.9 Å². The fourth-order valence-electron chi connectivity index (χ4n) is 6.12. The summed E-state index contributed by atoms with van der Waals surface area (Å²) in [6.45, 7) is 13.4. The van der Waals surface area contributed by atoms with Gasteiger partial charge in [0.25, 0.3) is 11.8 Å². The molecule has 2 heterocycles. The largest absolute Gasteiger partial charge is 0.476 e. The molecule has 2 aliphatic rings. The van der Waals surface area contributed by atoms with E-state index in [4.69, 9.17) is 9.47 Å². The Morgan fingerprint density at radius 1 is 1.19 bits per heavy atom. The molecule has 240 valence electrons. The van der Waals surface area contributed by atoms with Gasteiger partial charge < -0.3 is 29.3 Å². The summed E-state index contributed by atoms with van der Waals surface area (Å²) in [5, 5.41) is 9.96. The molecule has 1 aromatic rings. The van der Waals surface area contributed by atoms with E-state index in [2.05, 4.69) is 0 Å². The number of anilines is 1. The fraction of sp³-hybridized carbons (Fsp3) is 0.667. The number of hydrogen-bond acceptors (Lipinski definition) is 6. The smallest absolute Gasteiger partial charge is 0.417 e. The first kappa shape index (κ1) is 34.0. The summed E-state index contributed by atoms with van der Waals surface area (Å²) in [4.78, 5) is 55.7. The van der Waals surface area contributed by atoms with Crippen molar-refractivity contribution in [3.05, 3.63) is 23.3 Å². The van der Waals surface area contributed by atoms with Gasteiger partial charge in [0.05, 0.1) is 41.9 Å². The van der Waals surface area contributed by atoms with Gasteiger partial charge in [0.15, 0.2) is 5.60 Å². The SMILES string of the molecule is CCOC(=O)CCN1C(=O)C(C)(C)Oc2cc(C(F)(F)F)c(C(=O)N(C(C)C)[C@@H]3CCCN(C(=O)O)C3C(C)(C)C)cc21. The predicted molar refractivity (Wildman–Crippen MR) is 152 cm³/mol. The highest BCUT2D eigenvalue weighted by Gasteiger charge is 2.49. The summed E-state index contributed by atoms with van der Waals surface area (Å²) in [5.41, 5.74) is -4.19. The van der Waals surface area contributed by atoms with Gasteiger partial charge in [0.2, 0.25) is 0 Å². The molecule has 1 N–H and O–H groups in total.